The monoisotopic (exact) mass is 429 g/mol. The van der Waals surface area contributed by atoms with Gasteiger partial charge in [-0.15, -0.1) is 0 Å². The molecule has 30 heavy (non-hydrogen) atoms. The van der Waals surface area contributed by atoms with Gasteiger partial charge < -0.3 is 14.4 Å². The van der Waals surface area contributed by atoms with Crippen LogP contribution in [0, 0.1) is 13.8 Å². The molecule has 1 aromatic carbocycles. The van der Waals surface area contributed by atoms with E-state index in [4.69, 9.17) is 4.74 Å². The van der Waals surface area contributed by atoms with E-state index < -0.39 is 17.7 Å². The molecule has 0 aliphatic carbocycles. The van der Waals surface area contributed by atoms with Crippen molar-refractivity contribution in [3.63, 3.8) is 0 Å². The Bertz CT molecular complexity index is 969. The van der Waals surface area contributed by atoms with E-state index in [2.05, 4.69) is 4.57 Å². The lowest BCUT2D eigenvalue weighted by Gasteiger charge is -2.35. The minimum Gasteiger partial charge on any atom is -0.479 e. The summed E-state index contributed by atoms with van der Waals surface area (Å²) in [5, 5.41) is 10.1. The molecular weight excluding hydrogens is 398 g/mol. The Morgan fingerprint density at radius 3 is 2.30 bits per heavy atom. The zero-order valence-electron chi connectivity index (χ0n) is 18.4. The number of hydrogen-bond acceptors (Lipinski definition) is 4. The van der Waals surface area contributed by atoms with Crippen LogP contribution in [0.1, 0.15) is 62.7 Å². The van der Waals surface area contributed by atoms with Crippen LogP contribution in [-0.4, -0.2) is 32.7 Å². The number of nitrogens with zero attached hydrogens (tertiary/aromatic N) is 1. The second kappa shape index (κ2) is 8.98. The van der Waals surface area contributed by atoms with Crippen molar-refractivity contribution in [2.24, 2.45) is 0 Å². The van der Waals surface area contributed by atoms with Gasteiger partial charge in [0.05, 0.1) is 11.3 Å². The maximum atomic E-state index is 13.5. The highest BCUT2D eigenvalue weighted by molar-refractivity contribution is 7.99. The number of hydrogen-bond donors (Lipinski definition) is 1. The molecule has 0 saturated carbocycles. The van der Waals surface area contributed by atoms with Gasteiger partial charge in [-0.3, -0.25) is 4.79 Å². The van der Waals surface area contributed by atoms with Gasteiger partial charge in [0.25, 0.3) is 0 Å². The van der Waals surface area contributed by atoms with Crippen molar-refractivity contribution in [1.29, 1.82) is 0 Å². The molecule has 162 valence electrons. The smallest absolute Gasteiger partial charge is 0.339 e. The molecule has 1 saturated heterocycles. The fourth-order valence-electron chi connectivity index (χ4n) is 4.21. The molecule has 0 bridgehead atoms. The first-order chi connectivity index (χ1) is 14.1. The predicted molar refractivity (Wildman–Crippen MR) is 122 cm³/mol. The average molecular weight is 430 g/mol. The second-order valence-corrected chi connectivity index (χ2v) is 10.1. The number of benzene rings is 1. The van der Waals surface area contributed by atoms with E-state index in [1.54, 1.807) is 6.92 Å². The summed E-state index contributed by atoms with van der Waals surface area (Å²) in [4.78, 5) is 25.8. The maximum Gasteiger partial charge on any atom is 0.339 e. The third-order valence-electron chi connectivity index (χ3n) is 5.50. The molecule has 0 radical (unpaired) electrons. The van der Waals surface area contributed by atoms with Gasteiger partial charge in [-0.05, 0) is 64.5 Å². The zero-order chi connectivity index (χ0) is 22.1. The Hall–Kier alpha value is -2.05. The number of thioether (sulfide) groups is 1. The van der Waals surface area contributed by atoms with Crippen molar-refractivity contribution in [3.05, 3.63) is 57.5 Å². The molecule has 1 atom stereocenters. The Kier molecular flexibility index (Phi) is 6.78. The van der Waals surface area contributed by atoms with Crippen molar-refractivity contribution in [3.8, 4) is 11.1 Å². The largest absolute Gasteiger partial charge is 0.479 e. The van der Waals surface area contributed by atoms with Crippen molar-refractivity contribution < 1.29 is 14.6 Å². The Morgan fingerprint density at radius 2 is 1.77 bits per heavy atom. The molecule has 3 rings (SSSR count). The van der Waals surface area contributed by atoms with Gasteiger partial charge in [0.15, 0.2) is 11.5 Å². The van der Waals surface area contributed by atoms with Crippen LogP contribution in [0.15, 0.2) is 35.1 Å². The lowest BCUT2D eigenvalue weighted by atomic mass is 9.95. The van der Waals surface area contributed by atoms with Crippen LogP contribution in [-0.2, 0) is 9.53 Å². The maximum absolute atomic E-state index is 13.5. The van der Waals surface area contributed by atoms with Crippen LogP contribution < -0.4 is 5.43 Å². The van der Waals surface area contributed by atoms with E-state index in [-0.39, 0.29) is 11.5 Å². The fourth-order valence-corrected chi connectivity index (χ4v) is 5.29. The normalized spacial score (nSPS) is 16.4. The van der Waals surface area contributed by atoms with Crippen molar-refractivity contribution in [2.45, 2.75) is 65.2 Å². The molecule has 5 nitrogen and oxygen atoms in total. The van der Waals surface area contributed by atoms with E-state index in [9.17, 15) is 14.7 Å². The Morgan fingerprint density at radius 1 is 1.17 bits per heavy atom. The second-order valence-electron chi connectivity index (χ2n) is 8.83. The van der Waals surface area contributed by atoms with Crippen molar-refractivity contribution >= 4 is 17.7 Å². The first-order valence-corrected chi connectivity index (χ1v) is 11.6. The number of rotatable bonds is 5. The van der Waals surface area contributed by atoms with Gasteiger partial charge in [0, 0.05) is 22.9 Å². The summed E-state index contributed by atoms with van der Waals surface area (Å²) in [6.45, 7) is 9.18. The Balaban J connectivity index is 2.33. The standard InChI is InChI=1S/C24H31NO4S/c1-15-20(22(23(27)28)29-24(3,4)5)25(18-11-13-30-14-12-18)16(2)19(21(15)26)17-9-7-6-8-10-17/h6-10,18,22H,11-14H2,1-5H3,(H,27,28). The average Bonchev–Trinajstić information content (AvgIpc) is 2.70. The molecule has 1 fully saturated rings. The van der Waals surface area contributed by atoms with E-state index in [1.165, 1.54) is 0 Å². The third-order valence-corrected chi connectivity index (χ3v) is 6.55. The summed E-state index contributed by atoms with van der Waals surface area (Å²) < 4.78 is 8.09. The zero-order valence-corrected chi connectivity index (χ0v) is 19.2. The fraction of sp³-hybridized carbons (Fsp3) is 0.500. The lowest BCUT2D eigenvalue weighted by Crippen LogP contribution is -2.35. The highest BCUT2D eigenvalue weighted by Crippen LogP contribution is 2.36. The molecule has 6 heteroatoms. The molecule has 2 aromatic rings. The SMILES string of the molecule is Cc1c(C(OC(C)(C)C)C(=O)O)n(C2CCSCC2)c(C)c(-c2ccccc2)c1=O. The van der Waals surface area contributed by atoms with Crippen molar-refractivity contribution in [2.75, 3.05) is 11.5 Å². The van der Waals surface area contributed by atoms with E-state index in [0.717, 1.165) is 35.6 Å². The number of aromatic nitrogens is 1. The van der Waals surface area contributed by atoms with Gasteiger partial charge in [0.2, 0.25) is 0 Å². The van der Waals surface area contributed by atoms with Crippen LogP contribution in [0.5, 0.6) is 0 Å². The van der Waals surface area contributed by atoms with E-state index in [0.29, 0.717) is 16.8 Å². The number of carboxylic acids is 1. The highest BCUT2D eigenvalue weighted by Gasteiger charge is 2.35. The lowest BCUT2D eigenvalue weighted by molar-refractivity contribution is -0.161. The minimum atomic E-state index is -1.20. The highest BCUT2D eigenvalue weighted by atomic mass is 32.2. The number of carbonyl (C=O) groups is 1. The van der Waals surface area contributed by atoms with Crippen LogP contribution in [0.4, 0.5) is 0 Å². The first kappa shape index (κ1) is 22.6. The molecule has 0 spiro atoms. The van der Waals surface area contributed by atoms with Gasteiger partial charge in [0.1, 0.15) is 0 Å². The summed E-state index contributed by atoms with van der Waals surface area (Å²) in [6, 6.07) is 9.78. The minimum absolute atomic E-state index is 0.126. The summed E-state index contributed by atoms with van der Waals surface area (Å²) >= 11 is 1.92. The number of carboxylic acid groups (broad SMARTS) is 1. The van der Waals surface area contributed by atoms with Crippen LogP contribution in [0.3, 0.4) is 0 Å². The number of pyridine rings is 1. The quantitative estimate of drug-likeness (QED) is 0.713. The molecule has 1 unspecified atom stereocenters. The van der Waals surface area contributed by atoms with Crippen molar-refractivity contribution in [1.82, 2.24) is 4.57 Å². The molecular formula is C24H31NO4S. The van der Waals surface area contributed by atoms with Gasteiger partial charge in [-0.2, -0.15) is 11.8 Å². The van der Waals surface area contributed by atoms with E-state index >= 15 is 0 Å². The van der Waals surface area contributed by atoms with Crippen LogP contribution >= 0.6 is 11.8 Å². The molecule has 1 aliphatic heterocycles. The van der Waals surface area contributed by atoms with E-state index in [1.807, 2.05) is 69.8 Å². The first-order valence-electron chi connectivity index (χ1n) is 10.4. The molecule has 2 heterocycles. The topological polar surface area (TPSA) is 68.5 Å². The van der Waals surface area contributed by atoms with Gasteiger partial charge in [-0.25, -0.2) is 4.79 Å². The van der Waals surface area contributed by atoms with Gasteiger partial charge >= 0.3 is 5.97 Å². The summed E-state index contributed by atoms with van der Waals surface area (Å²) in [7, 11) is 0. The molecule has 0 amide bonds. The van der Waals surface area contributed by atoms with Gasteiger partial charge in [-0.1, -0.05) is 30.3 Å². The summed E-state index contributed by atoms with van der Waals surface area (Å²) in [6.07, 6.45) is 0.684. The van der Waals surface area contributed by atoms with Crippen LogP contribution in [0.25, 0.3) is 11.1 Å². The molecule has 1 N–H and O–H groups in total. The summed E-state index contributed by atoms with van der Waals surface area (Å²) in [5.41, 5.74) is 2.47. The summed E-state index contributed by atoms with van der Waals surface area (Å²) in [5.74, 6) is 0.971. The number of ether oxygens (including phenoxy) is 1. The third kappa shape index (κ3) is 4.65. The molecule has 1 aliphatic rings. The predicted octanol–water partition coefficient (Wildman–Crippen LogP) is 5.14. The Labute approximate surface area is 182 Å². The number of aliphatic carboxylic acids is 1. The molecule has 1 aromatic heterocycles. The van der Waals surface area contributed by atoms with Crippen LogP contribution in [0.2, 0.25) is 0 Å².